The zero-order valence-electron chi connectivity index (χ0n) is 17.2. The summed E-state index contributed by atoms with van der Waals surface area (Å²) in [5.41, 5.74) is 5.06. The van der Waals surface area contributed by atoms with Crippen LogP contribution >= 0.6 is 0 Å². The first-order valence-electron chi connectivity index (χ1n) is 10.2. The zero-order valence-corrected chi connectivity index (χ0v) is 17.2. The molecule has 6 nitrogen and oxygen atoms in total. The van der Waals surface area contributed by atoms with Crippen molar-refractivity contribution in [3.63, 3.8) is 0 Å². The Labute approximate surface area is 168 Å². The van der Waals surface area contributed by atoms with Gasteiger partial charge in [-0.25, -0.2) is 0 Å². The van der Waals surface area contributed by atoms with Crippen LogP contribution in [0.3, 0.4) is 0 Å². The van der Waals surface area contributed by atoms with Crippen molar-refractivity contribution in [1.29, 1.82) is 5.26 Å². The van der Waals surface area contributed by atoms with Gasteiger partial charge in [-0.3, -0.25) is 4.90 Å². The Morgan fingerprint density at radius 1 is 1.00 bits per heavy atom. The van der Waals surface area contributed by atoms with Crippen molar-refractivity contribution in [3.8, 4) is 6.07 Å². The Hall–Kier alpha value is -2.49. The highest BCUT2D eigenvalue weighted by atomic mass is 15.2. The highest BCUT2D eigenvalue weighted by molar-refractivity contribution is 5.56. The summed E-state index contributed by atoms with van der Waals surface area (Å²) < 4.78 is 0. The van der Waals surface area contributed by atoms with E-state index in [0.717, 1.165) is 56.8 Å². The molecule has 1 fully saturated rings. The second-order valence-electron chi connectivity index (χ2n) is 7.42. The Kier molecular flexibility index (Phi) is 6.96. The third kappa shape index (κ3) is 4.86. The Balaban J connectivity index is 1.61. The van der Waals surface area contributed by atoms with Gasteiger partial charge in [-0.15, -0.1) is 5.10 Å². The summed E-state index contributed by atoms with van der Waals surface area (Å²) in [6, 6.07) is 11.0. The van der Waals surface area contributed by atoms with Crippen LogP contribution in [0.4, 0.5) is 5.82 Å². The summed E-state index contributed by atoms with van der Waals surface area (Å²) in [4.78, 5) is 4.88. The molecule has 1 N–H and O–H groups in total. The second kappa shape index (κ2) is 9.63. The molecule has 0 aliphatic carbocycles. The quantitative estimate of drug-likeness (QED) is 0.799. The van der Waals surface area contributed by atoms with E-state index in [0.29, 0.717) is 17.9 Å². The first kappa shape index (κ1) is 20.2. The minimum Gasteiger partial charge on any atom is -0.363 e. The van der Waals surface area contributed by atoms with Crippen molar-refractivity contribution >= 4 is 5.82 Å². The van der Waals surface area contributed by atoms with Gasteiger partial charge in [0.05, 0.1) is 5.69 Å². The zero-order chi connectivity index (χ0) is 19.9. The number of hydrogen-bond donors (Lipinski definition) is 1. The van der Waals surface area contributed by atoms with Crippen LogP contribution in [0.5, 0.6) is 0 Å². The van der Waals surface area contributed by atoms with Crippen LogP contribution in [0.2, 0.25) is 0 Å². The van der Waals surface area contributed by atoms with E-state index in [-0.39, 0.29) is 0 Å². The SMILES string of the molecule is CCc1nnc(NCc2ccc(CN3CCN(C)CC3)cc2)c(C#N)c1CC. The van der Waals surface area contributed by atoms with Crippen molar-refractivity contribution in [2.45, 2.75) is 39.8 Å². The first-order valence-corrected chi connectivity index (χ1v) is 10.2. The van der Waals surface area contributed by atoms with E-state index in [1.54, 1.807) is 0 Å². The molecule has 0 unspecified atom stereocenters. The molecule has 6 heteroatoms. The molecule has 148 valence electrons. The van der Waals surface area contributed by atoms with Crippen LogP contribution in [0.25, 0.3) is 0 Å². The molecule has 0 bridgehead atoms. The molecule has 1 aromatic carbocycles. The molecule has 1 aromatic heterocycles. The summed E-state index contributed by atoms with van der Waals surface area (Å²) in [5.74, 6) is 0.582. The van der Waals surface area contributed by atoms with Gasteiger partial charge in [-0.05, 0) is 36.6 Å². The Morgan fingerprint density at radius 2 is 1.68 bits per heavy atom. The van der Waals surface area contributed by atoms with Crippen molar-refractivity contribution in [2.24, 2.45) is 0 Å². The van der Waals surface area contributed by atoms with Gasteiger partial charge >= 0.3 is 0 Å². The predicted octanol–water partition coefficient (Wildman–Crippen LogP) is 2.83. The number of nitrogens with zero attached hydrogens (tertiary/aromatic N) is 5. The fourth-order valence-electron chi connectivity index (χ4n) is 3.63. The molecule has 1 saturated heterocycles. The second-order valence-corrected chi connectivity index (χ2v) is 7.42. The third-order valence-corrected chi connectivity index (χ3v) is 5.44. The van der Waals surface area contributed by atoms with Gasteiger partial charge in [-0.2, -0.15) is 10.4 Å². The van der Waals surface area contributed by atoms with Crippen LogP contribution in [-0.2, 0) is 25.9 Å². The molecule has 0 spiro atoms. The lowest BCUT2D eigenvalue weighted by atomic mass is 10.0. The number of likely N-dealkylation sites (N-methyl/N-ethyl adjacent to an activating group) is 1. The smallest absolute Gasteiger partial charge is 0.167 e. The standard InChI is InChI=1S/C22H30N6/c1-4-19-20(14-23)22(26-25-21(19)5-2)24-15-17-6-8-18(9-7-17)16-28-12-10-27(3)11-13-28/h6-9H,4-5,10-13,15-16H2,1-3H3,(H,24,26). The summed E-state index contributed by atoms with van der Waals surface area (Å²) in [6.45, 7) is 10.3. The average molecular weight is 379 g/mol. The van der Waals surface area contributed by atoms with Crippen molar-refractivity contribution in [2.75, 3.05) is 38.5 Å². The average Bonchev–Trinajstić information content (AvgIpc) is 2.74. The van der Waals surface area contributed by atoms with E-state index < -0.39 is 0 Å². The number of benzene rings is 1. The number of piperazine rings is 1. The van der Waals surface area contributed by atoms with Crippen molar-refractivity contribution in [1.82, 2.24) is 20.0 Å². The molecular formula is C22H30N6. The first-order chi connectivity index (χ1) is 13.6. The Morgan fingerprint density at radius 3 is 2.29 bits per heavy atom. The highest BCUT2D eigenvalue weighted by Gasteiger charge is 2.15. The molecule has 0 saturated carbocycles. The molecule has 1 aliphatic heterocycles. The summed E-state index contributed by atoms with van der Waals surface area (Å²) in [6.07, 6.45) is 1.58. The van der Waals surface area contributed by atoms with Gasteiger partial charge in [0.1, 0.15) is 11.6 Å². The summed E-state index contributed by atoms with van der Waals surface area (Å²) in [5, 5.41) is 21.4. The predicted molar refractivity (Wildman–Crippen MR) is 112 cm³/mol. The number of rotatable bonds is 7. The topological polar surface area (TPSA) is 68.1 Å². The molecule has 0 atom stereocenters. The fourth-order valence-corrected chi connectivity index (χ4v) is 3.63. The maximum Gasteiger partial charge on any atom is 0.167 e. The van der Waals surface area contributed by atoms with Crippen LogP contribution in [0.1, 0.15) is 41.8 Å². The number of aromatic nitrogens is 2. The molecule has 2 heterocycles. The molecule has 3 rings (SSSR count). The number of nitrogens with one attached hydrogen (secondary N) is 1. The van der Waals surface area contributed by atoms with Gasteiger partial charge in [-0.1, -0.05) is 38.1 Å². The fraction of sp³-hybridized carbons (Fsp3) is 0.500. The van der Waals surface area contributed by atoms with Gasteiger partial charge in [0, 0.05) is 39.3 Å². The van der Waals surface area contributed by atoms with Crippen molar-refractivity contribution in [3.05, 3.63) is 52.2 Å². The summed E-state index contributed by atoms with van der Waals surface area (Å²) >= 11 is 0. The van der Waals surface area contributed by atoms with Crippen molar-refractivity contribution < 1.29 is 0 Å². The van der Waals surface area contributed by atoms with Gasteiger partial charge in [0.15, 0.2) is 5.82 Å². The molecule has 0 amide bonds. The summed E-state index contributed by atoms with van der Waals surface area (Å²) in [7, 11) is 2.18. The maximum atomic E-state index is 9.59. The van der Waals surface area contributed by atoms with E-state index in [1.807, 2.05) is 6.92 Å². The van der Waals surface area contributed by atoms with Crippen LogP contribution in [0, 0.1) is 11.3 Å². The normalized spacial score (nSPS) is 15.4. The van der Waals surface area contributed by atoms with Crippen LogP contribution < -0.4 is 5.32 Å². The van der Waals surface area contributed by atoms with Crippen LogP contribution in [-0.4, -0.2) is 53.2 Å². The van der Waals surface area contributed by atoms with E-state index in [2.05, 4.69) is 69.6 Å². The highest BCUT2D eigenvalue weighted by Crippen LogP contribution is 2.20. The molecule has 28 heavy (non-hydrogen) atoms. The maximum absolute atomic E-state index is 9.59. The van der Waals surface area contributed by atoms with E-state index in [9.17, 15) is 5.26 Å². The lowest BCUT2D eigenvalue weighted by Crippen LogP contribution is -2.43. The lowest BCUT2D eigenvalue weighted by molar-refractivity contribution is 0.148. The number of aryl methyl sites for hydroxylation is 1. The molecule has 1 aliphatic rings. The van der Waals surface area contributed by atoms with Gasteiger partial charge < -0.3 is 10.2 Å². The third-order valence-electron chi connectivity index (χ3n) is 5.44. The van der Waals surface area contributed by atoms with E-state index in [1.165, 1.54) is 11.1 Å². The Bertz CT molecular complexity index is 816. The minimum atomic E-state index is 0.582. The number of anilines is 1. The molecule has 2 aromatic rings. The lowest BCUT2D eigenvalue weighted by Gasteiger charge is -2.32. The minimum absolute atomic E-state index is 0.582. The van der Waals surface area contributed by atoms with E-state index >= 15 is 0 Å². The molecular weight excluding hydrogens is 348 g/mol. The monoisotopic (exact) mass is 378 g/mol. The van der Waals surface area contributed by atoms with Gasteiger partial charge in [0.2, 0.25) is 0 Å². The van der Waals surface area contributed by atoms with Gasteiger partial charge in [0.25, 0.3) is 0 Å². The van der Waals surface area contributed by atoms with Crippen LogP contribution in [0.15, 0.2) is 24.3 Å². The largest absolute Gasteiger partial charge is 0.363 e. The number of nitriles is 1. The van der Waals surface area contributed by atoms with E-state index in [4.69, 9.17) is 0 Å². The molecule has 0 radical (unpaired) electrons. The number of hydrogen-bond acceptors (Lipinski definition) is 6.